The lowest BCUT2D eigenvalue weighted by molar-refractivity contribution is -0.150. The van der Waals surface area contributed by atoms with Crippen molar-refractivity contribution in [3.05, 3.63) is 12.2 Å². The Morgan fingerprint density at radius 2 is 2.17 bits per heavy atom. The van der Waals surface area contributed by atoms with Gasteiger partial charge in [-0.15, -0.1) is 0 Å². The third-order valence-corrected chi connectivity index (χ3v) is 2.99. The van der Waals surface area contributed by atoms with E-state index in [1.54, 1.807) is 0 Å². The van der Waals surface area contributed by atoms with Crippen molar-refractivity contribution in [2.24, 2.45) is 17.8 Å². The van der Waals surface area contributed by atoms with Crippen LogP contribution in [0.5, 0.6) is 0 Å². The second-order valence-corrected chi connectivity index (χ2v) is 3.73. The van der Waals surface area contributed by atoms with Crippen molar-refractivity contribution in [1.29, 1.82) is 0 Å². The molecule has 0 amide bonds. The third kappa shape index (κ3) is 1.05. The summed E-state index contributed by atoms with van der Waals surface area (Å²) >= 11 is 0. The molecule has 3 heteroatoms. The molecule has 2 aliphatic rings. The van der Waals surface area contributed by atoms with E-state index in [-0.39, 0.29) is 5.92 Å². The fourth-order valence-corrected chi connectivity index (χ4v) is 2.37. The van der Waals surface area contributed by atoms with Gasteiger partial charge in [0.2, 0.25) is 0 Å². The molecule has 4 atom stereocenters. The molecule has 2 rings (SSSR count). The number of hydrogen-bond donors (Lipinski definition) is 2. The molecule has 0 aliphatic heterocycles. The summed E-state index contributed by atoms with van der Waals surface area (Å²) in [5, 5.41) is 17.9. The van der Waals surface area contributed by atoms with Crippen molar-refractivity contribution in [1.82, 2.24) is 0 Å². The Morgan fingerprint density at radius 1 is 1.42 bits per heavy atom. The van der Waals surface area contributed by atoms with E-state index in [0.717, 1.165) is 12.8 Å². The second-order valence-electron chi connectivity index (χ2n) is 3.73. The Balaban J connectivity index is 2.07. The summed E-state index contributed by atoms with van der Waals surface area (Å²) in [5.41, 5.74) is 0. The molecule has 0 aromatic heterocycles. The highest BCUT2D eigenvalue weighted by Gasteiger charge is 2.41. The van der Waals surface area contributed by atoms with Crippen molar-refractivity contribution >= 4 is 5.97 Å². The van der Waals surface area contributed by atoms with Gasteiger partial charge >= 0.3 is 5.97 Å². The van der Waals surface area contributed by atoms with Gasteiger partial charge in [0.1, 0.15) is 0 Å². The van der Waals surface area contributed by atoms with Crippen LogP contribution in [0.15, 0.2) is 12.2 Å². The number of fused-ring (bicyclic) bond motifs is 2. The van der Waals surface area contributed by atoms with Gasteiger partial charge in [0.15, 0.2) is 6.10 Å². The molecule has 1 saturated carbocycles. The van der Waals surface area contributed by atoms with Gasteiger partial charge in [0.05, 0.1) is 0 Å². The van der Waals surface area contributed by atoms with Gasteiger partial charge in [-0.2, -0.15) is 0 Å². The fraction of sp³-hybridized carbons (Fsp3) is 0.667. The standard InChI is InChI=1S/C9H12O3/c10-8(9(11)12)7-4-5-1-2-6(7)3-5/h1-2,5-8,10H,3-4H2,(H,11,12). The summed E-state index contributed by atoms with van der Waals surface area (Å²) in [6.07, 6.45) is 4.90. The Hall–Kier alpha value is -0.830. The third-order valence-electron chi connectivity index (χ3n) is 2.99. The van der Waals surface area contributed by atoms with Crippen LogP contribution in [0.25, 0.3) is 0 Å². The van der Waals surface area contributed by atoms with Crippen molar-refractivity contribution in [3.8, 4) is 0 Å². The second kappa shape index (κ2) is 2.59. The van der Waals surface area contributed by atoms with E-state index in [9.17, 15) is 9.90 Å². The average molecular weight is 168 g/mol. The first-order chi connectivity index (χ1) is 5.68. The van der Waals surface area contributed by atoms with Crippen LogP contribution in [0.3, 0.4) is 0 Å². The van der Waals surface area contributed by atoms with Crippen molar-refractivity contribution in [3.63, 3.8) is 0 Å². The number of aliphatic hydroxyl groups is 1. The predicted molar refractivity (Wildman–Crippen MR) is 42.5 cm³/mol. The topological polar surface area (TPSA) is 57.5 Å². The van der Waals surface area contributed by atoms with Gasteiger partial charge in [0.25, 0.3) is 0 Å². The molecule has 4 unspecified atom stereocenters. The molecule has 2 bridgehead atoms. The zero-order valence-corrected chi connectivity index (χ0v) is 6.68. The normalized spacial score (nSPS) is 40.2. The van der Waals surface area contributed by atoms with Crippen LogP contribution >= 0.6 is 0 Å². The van der Waals surface area contributed by atoms with E-state index in [1.807, 2.05) is 6.08 Å². The average Bonchev–Trinajstić information content (AvgIpc) is 2.62. The highest BCUT2D eigenvalue weighted by molar-refractivity contribution is 5.72. The van der Waals surface area contributed by atoms with E-state index in [0.29, 0.717) is 11.8 Å². The smallest absolute Gasteiger partial charge is 0.332 e. The Kier molecular flexibility index (Phi) is 1.68. The van der Waals surface area contributed by atoms with Crippen LogP contribution < -0.4 is 0 Å². The zero-order chi connectivity index (χ0) is 8.72. The van der Waals surface area contributed by atoms with Gasteiger partial charge in [0, 0.05) is 5.92 Å². The Bertz CT molecular complexity index is 234. The van der Waals surface area contributed by atoms with Crippen LogP contribution in [-0.4, -0.2) is 22.3 Å². The molecule has 0 aromatic carbocycles. The number of aliphatic hydroxyl groups excluding tert-OH is 1. The minimum Gasteiger partial charge on any atom is -0.479 e. The highest BCUT2D eigenvalue weighted by atomic mass is 16.4. The SMILES string of the molecule is O=C(O)C(O)C1CC2C=CC1C2. The number of hydrogen-bond acceptors (Lipinski definition) is 2. The van der Waals surface area contributed by atoms with Gasteiger partial charge in [-0.3, -0.25) is 0 Å². The molecule has 0 spiro atoms. The first kappa shape index (κ1) is 7.80. The van der Waals surface area contributed by atoms with E-state index >= 15 is 0 Å². The maximum atomic E-state index is 10.5. The summed E-state index contributed by atoms with van der Waals surface area (Å²) in [7, 11) is 0. The van der Waals surface area contributed by atoms with Crippen LogP contribution in [0.4, 0.5) is 0 Å². The molecule has 12 heavy (non-hydrogen) atoms. The maximum absolute atomic E-state index is 10.5. The predicted octanol–water partition coefficient (Wildman–Crippen LogP) is 0.644. The highest BCUT2D eigenvalue weighted by Crippen LogP contribution is 2.44. The molecule has 66 valence electrons. The molecule has 0 aromatic rings. The minimum absolute atomic E-state index is 0.0440. The van der Waals surface area contributed by atoms with Gasteiger partial charge in [-0.1, -0.05) is 12.2 Å². The first-order valence-electron chi connectivity index (χ1n) is 4.27. The lowest BCUT2D eigenvalue weighted by Gasteiger charge is -2.20. The maximum Gasteiger partial charge on any atom is 0.332 e. The number of aliphatic carboxylic acids is 1. The lowest BCUT2D eigenvalue weighted by Crippen LogP contribution is -2.31. The number of carbonyl (C=O) groups is 1. The monoisotopic (exact) mass is 168 g/mol. The Labute approximate surface area is 70.7 Å². The molecule has 3 nitrogen and oxygen atoms in total. The molecular weight excluding hydrogens is 156 g/mol. The minimum atomic E-state index is -1.16. The zero-order valence-electron chi connectivity index (χ0n) is 6.68. The molecule has 2 aliphatic carbocycles. The van der Waals surface area contributed by atoms with Crippen LogP contribution in [0, 0.1) is 17.8 Å². The van der Waals surface area contributed by atoms with Crippen LogP contribution in [0.1, 0.15) is 12.8 Å². The molecule has 0 saturated heterocycles. The molecular formula is C9H12O3. The van der Waals surface area contributed by atoms with E-state index in [2.05, 4.69) is 6.08 Å². The summed E-state index contributed by atoms with van der Waals surface area (Å²) in [5.74, 6) is -0.298. The largest absolute Gasteiger partial charge is 0.479 e. The number of allylic oxidation sites excluding steroid dienone is 2. The van der Waals surface area contributed by atoms with E-state index in [4.69, 9.17) is 5.11 Å². The molecule has 1 fully saturated rings. The van der Waals surface area contributed by atoms with E-state index in [1.165, 1.54) is 0 Å². The number of carboxylic acids is 1. The van der Waals surface area contributed by atoms with Crippen molar-refractivity contribution in [2.75, 3.05) is 0 Å². The summed E-state index contributed by atoms with van der Waals surface area (Å²) < 4.78 is 0. The summed E-state index contributed by atoms with van der Waals surface area (Å²) in [6.45, 7) is 0. The summed E-state index contributed by atoms with van der Waals surface area (Å²) in [6, 6.07) is 0. The molecule has 2 N–H and O–H groups in total. The number of carboxylic acid groups (broad SMARTS) is 1. The molecule has 0 radical (unpaired) electrons. The van der Waals surface area contributed by atoms with Crippen molar-refractivity contribution in [2.45, 2.75) is 18.9 Å². The van der Waals surface area contributed by atoms with Crippen molar-refractivity contribution < 1.29 is 15.0 Å². The lowest BCUT2D eigenvalue weighted by atomic mass is 9.88. The summed E-state index contributed by atoms with van der Waals surface area (Å²) in [4.78, 5) is 10.5. The number of rotatable bonds is 2. The van der Waals surface area contributed by atoms with Gasteiger partial charge in [-0.25, -0.2) is 4.79 Å². The van der Waals surface area contributed by atoms with Gasteiger partial charge < -0.3 is 10.2 Å². The van der Waals surface area contributed by atoms with Crippen LogP contribution in [-0.2, 0) is 4.79 Å². The van der Waals surface area contributed by atoms with Gasteiger partial charge in [-0.05, 0) is 24.7 Å². The first-order valence-corrected chi connectivity index (χ1v) is 4.27. The fourth-order valence-electron chi connectivity index (χ4n) is 2.37. The van der Waals surface area contributed by atoms with Crippen LogP contribution in [0.2, 0.25) is 0 Å². The Morgan fingerprint density at radius 3 is 2.58 bits per heavy atom. The molecule has 0 heterocycles. The van der Waals surface area contributed by atoms with E-state index < -0.39 is 12.1 Å². The quantitative estimate of drug-likeness (QED) is 0.595.